The molecule has 1 N–H and O–H groups in total. The summed E-state index contributed by atoms with van der Waals surface area (Å²) in [5.74, 6) is 0.215. The fraction of sp³-hybridized carbons (Fsp3) is 0.900. The lowest BCUT2D eigenvalue weighted by Gasteiger charge is -2.34. The molecule has 82 valence electrons. The van der Waals surface area contributed by atoms with Crippen molar-refractivity contribution in [2.75, 3.05) is 32.8 Å². The quantitative estimate of drug-likeness (QED) is 0.661. The van der Waals surface area contributed by atoms with E-state index in [1.54, 1.807) is 0 Å². The summed E-state index contributed by atoms with van der Waals surface area (Å²) in [5, 5.41) is 3.26. The first-order valence-corrected chi connectivity index (χ1v) is 5.33. The van der Waals surface area contributed by atoms with Crippen LogP contribution in [0.15, 0.2) is 0 Å². The molecule has 0 bridgehead atoms. The molecule has 0 aliphatic carbocycles. The van der Waals surface area contributed by atoms with Crippen molar-refractivity contribution < 1.29 is 9.53 Å². The standard InChI is InChI=1S/C10H20N2O2/c1-3-14-7-4-10(13)12-6-5-11-8-9(12)2/h9,11H,3-8H2,1-2H3. The Bertz CT molecular complexity index is 185. The van der Waals surface area contributed by atoms with E-state index >= 15 is 0 Å². The minimum Gasteiger partial charge on any atom is -0.381 e. The van der Waals surface area contributed by atoms with Crippen molar-refractivity contribution in [3.05, 3.63) is 0 Å². The largest absolute Gasteiger partial charge is 0.381 e. The van der Waals surface area contributed by atoms with Gasteiger partial charge in [-0.3, -0.25) is 4.79 Å². The predicted molar refractivity (Wildman–Crippen MR) is 55.2 cm³/mol. The number of hydrogen-bond acceptors (Lipinski definition) is 3. The lowest BCUT2D eigenvalue weighted by molar-refractivity contribution is -0.135. The molecule has 0 saturated carbocycles. The van der Waals surface area contributed by atoms with E-state index in [4.69, 9.17) is 4.74 Å². The predicted octanol–water partition coefficient (Wildman–Crippen LogP) is 0.233. The van der Waals surface area contributed by atoms with E-state index in [1.165, 1.54) is 0 Å². The van der Waals surface area contributed by atoms with Gasteiger partial charge in [-0.1, -0.05) is 0 Å². The Balaban J connectivity index is 2.27. The lowest BCUT2D eigenvalue weighted by Crippen LogP contribution is -2.52. The fourth-order valence-electron chi connectivity index (χ4n) is 1.66. The van der Waals surface area contributed by atoms with E-state index < -0.39 is 0 Å². The maximum atomic E-state index is 11.7. The smallest absolute Gasteiger partial charge is 0.225 e. The summed E-state index contributed by atoms with van der Waals surface area (Å²) in [5.41, 5.74) is 0. The van der Waals surface area contributed by atoms with Crippen molar-refractivity contribution in [1.82, 2.24) is 10.2 Å². The van der Waals surface area contributed by atoms with Gasteiger partial charge in [-0.2, -0.15) is 0 Å². The van der Waals surface area contributed by atoms with Gasteiger partial charge in [0.25, 0.3) is 0 Å². The van der Waals surface area contributed by atoms with Crippen molar-refractivity contribution in [3.8, 4) is 0 Å². The maximum absolute atomic E-state index is 11.7. The van der Waals surface area contributed by atoms with Gasteiger partial charge < -0.3 is 15.0 Å². The van der Waals surface area contributed by atoms with E-state index in [0.29, 0.717) is 25.7 Å². The number of amides is 1. The van der Waals surface area contributed by atoms with Crippen LogP contribution in [-0.4, -0.2) is 49.7 Å². The molecule has 4 heteroatoms. The van der Waals surface area contributed by atoms with Crippen molar-refractivity contribution in [2.24, 2.45) is 0 Å². The molecule has 1 saturated heterocycles. The fourth-order valence-corrected chi connectivity index (χ4v) is 1.66. The summed E-state index contributed by atoms with van der Waals surface area (Å²) in [7, 11) is 0. The Kier molecular flexibility index (Phi) is 4.90. The molecule has 0 spiro atoms. The SMILES string of the molecule is CCOCCC(=O)N1CCNCC1C. The van der Waals surface area contributed by atoms with Gasteiger partial charge >= 0.3 is 0 Å². The van der Waals surface area contributed by atoms with Gasteiger partial charge in [0.15, 0.2) is 0 Å². The van der Waals surface area contributed by atoms with Crippen LogP contribution in [0.3, 0.4) is 0 Å². The van der Waals surface area contributed by atoms with Gasteiger partial charge in [-0.05, 0) is 13.8 Å². The molecule has 4 nitrogen and oxygen atoms in total. The topological polar surface area (TPSA) is 41.6 Å². The minimum absolute atomic E-state index is 0.215. The van der Waals surface area contributed by atoms with Crippen LogP contribution >= 0.6 is 0 Å². The highest BCUT2D eigenvalue weighted by Gasteiger charge is 2.22. The first-order chi connectivity index (χ1) is 6.75. The van der Waals surface area contributed by atoms with Crippen LogP contribution in [0.2, 0.25) is 0 Å². The third-order valence-electron chi connectivity index (χ3n) is 2.49. The second-order valence-corrected chi connectivity index (χ2v) is 3.59. The van der Waals surface area contributed by atoms with Gasteiger partial charge in [0.05, 0.1) is 13.0 Å². The molecule has 1 aliphatic rings. The number of nitrogens with one attached hydrogen (secondary N) is 1. The molecule has 14 heavy (non-hydrogen) atoms. The summed E-state index contributed by atoms with van der Waals surface area (Å²) < 4.78 is 5.17. The summed E-state index contributed by atoms with van der Waals surface area (Å²) in [6.45, 7) is 7.89. The van der Waals surface area contributed by atoms with Crippen molar-refractivity contribution in [1.29, 1.82) is 0 Å². The second kappa shape index (κ2) is 5.98. The number of piperazine rings is 1. The molecule has 1 aliphatic heterocycles. The number of nitrogens with zero attached hydrogens (tertiary/aromatic N) is 1. The third kappa shape index (κ3) is 3.27. The van der Waals surface area contributed by atoms with Crippen LogP contribution in [0.5, 0.6) is 0 Å². The first-order valence-electron chi connectivity index (χ1n) is 5.33. The minimum atomic E-state index is 0.215. The zero-order valence-corrected chi connectivity index (χ0v) is 9.08. The molecular weight excluding hydrogens is 180 g/mol. The number of carbonyl (C=O) groups excluding carboxylic acids is 1. The molecule has 0 radical (unpaired) electrons. The molecule has 1 amide bonds. The highest BCUT2D eigenvalue weighted by Crippen LogP contribution is 2.04. The molecular formula is C10H20N2O2. The molecule has 1 fully saturated rings. The van der Waals surface area contributed by atoms with Crippen LogP contribution in [-0.2, 0) is 9.53 Å². The Hall–Kier alpha value is -0.610. The monoisotopic (exact) mass is 200 g/mol. The number of rotatable bonds is 4. The Labute approximate surface area is 85.6 Å². The molecule has 1 rings (SSSR count). The lowest BCUT2D eigenvalue weighted by atomic mass is 10.2. The summed E-state index contributed by atoms with van der Waals surface area (Å²) in [4.78, 5) is 13.6. The highest BCUT2D eigenvalue weighted by molar-refractivity contribution is 5.76. The molecule has 1 atom stereocenters. The molecule has 0 aromatic carbocycles. The number of hydrogen-bond donors (Lipinski definition) is 1. The third-order valence-corrected chi connectivity index (χ3v) is 2.49. The van der Waals surface area contributed by atoms with Crippen molar-refractivity contribution in [3.63, 3.8) is 0 Å². The molecule has 1 unspecified atom stereocenters. The van der Waals surface area contributed by atoms with Gasteiger partial charge in [0.2, 0.25) is 5.91 Å². The van der Waals surface area contributed by atoms with Crippen molar-refractivity contribution in [2.45, 2.75) is 26.3 Å². The van der Waals surface area contributed by atoms with Gasteiger partial charge in [0.1, 0.15) is 0 Å². The van der Waals surface area contributed by atoms with Crippen LogP contribution < -0.4 is 5.32 Å². The number of carbonyl (C=O) groups is 1. The summed E-state index contributed by atoms with van der Waals surface area (Å²) in [6, 6.07) is 0.317. The van der Waals surface area contributed by atoms with Crippen LogP contribution in [0.1, 0.15) is 20.3 Å². The summed E-state index contributed by atoms with van der Waals surface area (Å²) >= 11 is 0. The van der Waals surface area contributed by atoms with E-state index in [-0.39, 0.29) is 5.91 Å². The first kappa shape index (κ1) is 11.5. The summed E-state index contributed by atoms with van der Waals surface area (Å²) in [6.07, 6.45) is 0.512. The van der Waals surface area contributed by atoms with E-state index in [2.05, 4.69) is 12.2 Å². The average Bonchev–Trinajstić information content (AvgIpc) is 2.18. The molecule has 0 aromatic heterocycles. The zero-order chi connectivity index (χ0) is 10.4. The van der Waals surface area contributed by atoms with Gasteiger partial charge in [-0.25, -0.2) is 0 Å². The Morgan fingerprint density at radius 2 is 2.43 bits per heavy atom. The highest BCUT2D eigenvalue weighted by atomic mass is 16.5. The average molecular weight is 200 g/mol. The van der Waals surface area contributed by atoms with Crippen LogP contribution in [0.25, 0.3) is 0 Å². The second-order valence-electron chi connectivity index (χ2n) is 3.59. The Morgan fingerprint density at radius 1 is 1.64 bits per heavy atom. The Morgan fingerprint density at radius 3 is 3.07 bits per heavy atom. The maximum Gasteiger partial charge on any atom is 0.225 e. The van der Waals surface area contributed by atoms with Gasteiger partial charge in [0, 0.05) is 32.3 Å². The molecule has 1 heterocycles. The van der Waals surface area contributed by atoms with E-state index in [9.17, 15) is 4.79 Å². The van der Waals surface area contributed by atoms with Crippen LogP contribution in [0, 0.1) is 0 Å². The van der Waals surface area contributed by atoms with Gasteiger partial charge in [-0.15, -0.1) is 0 Å². The zero-order valence-electron chi connectivity index (χ0n) is 9.08. The van der Waals surface area contributed by atoms with Crippen LogP contribution in [0.4, 0.5) is 0 Å². The number of ether oxygens (including phenoxy) is 1. The normalized spacial score (nSPS) is 22.4. The van der Waals surface area contributed by atoms with E-state index in [1.807, 2.05) is 11.8 Å². The van der Waals surface area contributed by atoms with E-state index in [0.717, 1.165) is 19.6 Å². The molecule has 0 aromatic rings. The van der Waals surface area contributed by atoms with Crippen molar-refractivity contribution >= 4 is 5.91 Å².